The molecule has 3 rings (SSSR count). The van der Waals surface area contributed by atoms with Gasteiger partial charge in [-0.2, -0.15) is 0 Å². The van der Waals surface area contributed by atoms with Gasteiger partial charge in [-0.15, -0.1) is 11.3 Å². The Labute approximate surface area is 128 Å². The van der Waals surface area contributed by atoms with Crippen LogP contribution in [0.4, 0.5) is 4.39 Å². The number of benzene rings is 2. The van der Waals surface area contributed by atoms with E-state index in [0.29, 0.717) is 11.3 Å². The Balaban J connectivity index is 1.91. The highest BCUT2D eigenvalue weighted by atomic mass is 79.9. The van der Waals surface area contributed by atoms with Gasteiger partial charge in [-0.3, -0.25) is 4.79 Å². The number of ketones is 1. The molecule has 3 aromatic rings. The van der Waals surface area contributed by atoms with Gasteiger partial charge >= 0.3 is 0 Å². The van der Waals surface area contributed by atoms with Crippen LogP contribution in [-0.2, 0) is 6.42 Å². The molecule has 0 radical (unpaired) electrons. The number of fused-ring (bicyclic) bond motifs is 1. The summed E-state index contributed by atoms with van der Waals surface area (Å²) in [5.41, 5.74) is 0.959. The Morgan fingerprint density at radius 3 is 2.75 bits per heavy atom. The van der Waals surface area contributed by atoms with Crippen molar-refractivity contribution in [1.82, 2.24) is 0 Å². The first-order chi connectivity index (χ1) is 9.63. The molecule has 0 saturated carbocycles. The van der Waals surface area contributed by atoms with E-state index in [1.54, 1.807) is 12.1 Å². The highest BCUT2D eigenvalue weighted by Gasteiger charge is 2.12. The van der Waals surface area contributed by atoms with Crippen molar-refractivity contribution in [3.05, 3.63) is 69.3 Å². The Bertz CT molecular complexity index is 794. The first-order valence-electron chi connectivity index (χ1n) is 6.09. The van der Waals surface area contributed by atoms with Crippen molar-refractivity contribution in [1.29, 1.82) is 0 Å². The predicted octanol–water partition coefficient (Wildman–Crippen LogP) is 5.23. The second-order valence-electron chi connectivity index (χ2n) is 4.48. The molecule has 0 N–H and O–H groups in total. The first kappa shape index (κ1) is 13.5. The summed E-state index contributed by atoms with van der Waals surface area (Å²) in [6.07, 6.45) is 0.344. The Hall–Kier alpha value is -1.52. The molecule has 1 aromatic heterocycles. The number of thiophene rings is 1. The standard InChI is InChI=1S/C16H10BrFOS/c17-13-4-2-1-3-10(13)8-14(19)16-9-11-7-12(18)5-6-15(11)20-16/h1-7,9H,8H2. The van der Waals surface area contributed by atoms with Crippen LogP contribution in [0.2, 0.25) is 0 Å². The van der Waals surface area contributed by atoms with Crippen molar-refractivity contribution in [2.24, 2.45) is 0 Å². The molecular weight excluding hydrogens is 339 g/mol. The zero-order valence-electron chi connectivity index (χ0n) is 10.4. The summed E-state index contributed by atoms with van der Waals surface area (Å²) in [5, 5.41) is 0.783. The molecular formula is C16H10BrFOS. The largest absolute Gasteiger partial charge is 0.293 e. The summed E-state index contributed by atoms with van der Waals surface area (Å²) < 4.78 is 15.0. The van der Waals surface area contributed by atoms with Gasteiger partial charge in [0.05, 0.1) is 4.88 Å². The van der Waals surface area contributed by atoms with E-state index in [4.69, 9.17) is 0 Å². The summed E-state index contributed by atoms with van der Waals surface area (Å²) in [6, 6.07) is 14.0. The lowest BCUT2D eigenvalue weighted by atomic mass is 10.1. The van der Waals surface area contributed by atoms with Gasteiger partial charge in [-0.1, -0.05) is 34.1 Å². The Kier molecular flexibility index (Phi) is 3.68. The SMILES string of the molecule is O=C(Cc1ccccc1Br)c1cc2cc(F)ccc2s1. The quantitative estimate of drug-likeness (QED) is 0.592. The fraction of sp³-hybridized carbons (Fsp3) is 0.0625. The molecule has 1 nitrogen and oxygen atoms in total. The van der Waals surface area contributed by atoms with Crippen molar-refractivity contribution >= 4 is 43.1 Å². The van der Waals surface area contributed by atoms with Crippen LogP contribution >= 0.6 is 27.3 Å². The van der Waals surface area contributed by atoms with Gasteiger partial charge in [0.15, 0.2) is 5.78 Å². The number of hydrogen-bond donors (Lipinski definition) is 0. The van der Waals surface area contributed by atoms with E-state index in [2.05, 4.69) is 15.9 Å². The lowest BCUT2D eigenvalue weighted by Gasteiger charge is -2.01. The third-order valence-corrected chi connectivity index (χ3v) is 4.99. The van der Waals surface area contributed by atoms with E-state index in [0.717, 1.165) is 20.1 Å². The van der Waals surface area contributed by atoms with Crippen LogP contribution < -0.4 is 0 Å². The average Bonchev–Trinajstić information content (AvgIpc) is 2.84. The van der Waals surface area contributed by atoms with Gasteiger partial charge in [0.25, 0.3) is 0 Å². The molecule has 0 spiro atoms. The topological polar surface area (TPSA) is 17.1 Å². The van der Waals surface area contributed by atoms with E-state index < -0.39 is 0 Å². The van der Waals surface area contributed by atoms with E-state index in [-0.39, 0.29) is 11.6 Å². The minimum Gasteiger partial charge on any atom is -0.293 e. The molecule has 0 atom stereocenters. The van der Waals surface area contributed by atoms with Crippen molar-refractivity contribution in [2.75, 3.05) is 0 Å². The predicted molar refractivity (Wildman–Crippen MR) is 84.0 cm³/mol. The lowest BCUT2D eigenvalue weighted by Crippen LogP contribution is -2.01. The monoisotopic (exact) mass is 348 g/mol. The summed E-state index contributed by atoms with van der Waals surface area (Å²) in [7, 11) is 0. The fourth-order valence-electron chi connectivity index (χ4n) is 2.05. The van der Waals surface area contributed by atoms with Gasteiger partial charge in [0.1, 0.15) is 5.82 Å². The summed E-state index contributed by atoms with van der Waals surface area (Å²) in [6.45, 7) is 0. The second-order valence-corrected chi connectivity index (χ2v) is 6.42. The maximum absolute atomic E-state index is 13.2. The van der Waals surface area contributed by atoms with Crippen LogP contribution in [0.3, 0.4) is 0 Å². The van der Waals surface area contributed by atoms with Crippen molar-refractivity contribution < 1.29 is 9.18 Å². The number of hydrogen-bond acceptors (Lipinski definition) is 2. The molecule has 2 aromatic carbocycles. The van der Waals surface area contributed by atoms with Crippen molar-refractivity contribution in [3.63, 3.8) is 0 Å². The molecule has 0 aliphatic carbocycles. The van der Waals surface area contributed by atoms with Gasteiger partial charge < -0.3 is 0 Å². The highest BCUT2D eigenvalue weighted by molar-refractivity contribution is 9.10. The fourth-order valence-corrected chi connectivity index (χ4v) is 3.46. The summed E-state index contributed by atoms with van der Waals surface area (Å²) in [5.74, 6) is -0.224. The number of carbonyl (C=O) groups is 1. The number of Topliss-reactive ketones (excluding diaryl/α,β-unsaturated/α-hetero) is 1. The molecule has 0 aliphatic rings. The van der Waals surface area contributed by atoms with Gasteiger partial charge in [-0.25, -0.2) is 4.39 Å². The first-order valence-corrected chi connectivity index (χ1v) is 7.70. The van der Waals surface area contributed by atoms with Crippen LogP contribution in [0.5, 0.6) is 0 Å². The molecule has 100 valence electrons. The van der Waals surface area contributed by atoms with E-state index in [9.17, 15) is 9.18 Å². The van der Waals surface area contributed by atoms with Gasteiger partial charge in [0, 0.05) is 15.6 Å². The second kappa shape index (κ2) is 5.46. The van der Waals surface area contributed by atoms with Crippen LogP contribution in [0.15, 0.2) is 53.0 Å². The minimum absolute atomic E-state index is 0.0542. The van der Waals surface area contributed by atoms with E-state index in [1.165, 1.54) is 23.5 Å². The maximum atomic E-state index is 13.2. The lowest BCUT2D eigenvalue weighted by molar-refractivity contribution is 0.0996. The molecule has 20 heavy (non-hydrogen) atoms. The number of rotatable bonds is 3. The summed E-state index contributed by atoms with van der Waals surface area (Å²) in [4.78, 5) is 13.0. The average molecular weight is 349 g/mol. The van der Waals surface area contributed by atoms with Crippen molar-refractivity contribution in [2.45, 2.75) is 6.42 Å². The Morgan fingerprint density at radius 1 is 1.15 bits per heavy atom. The zero-order chi connectivity index (χ0) is 14.1. The molecule has 0 fully saturated rings. The maximum Gasteiger partial charge on any atom is 0.177 e. The number of halogens is 2. The zero-order valence-corrected chi connectivity index (χ0v) is 12.8. The molecule has 0 unspecified atom stereocenters. The van der Waals surface area contributed by atoms with Crippen LogP contribution in [0, 0.1) is 5.82 Å². The van der Waals surface area contributed by atoms with E-state index in [1.807, 2.05) is 24.3 Å². The summed E-state index contributed by atoms with van der Waals surface area (Å²) >= 11 is 4.85. The third kappa shape index (κ3) is 2.67. The molecule has 0 aliphatic heterocycles. The normalized spacial score (nSPS) is 10.9. The molecule has 4 heteroatoms. The molecule has 0 bridgehead atoms. The third-order valence-electron chi connectivity index (χ3n) is 3.06. The molecule has 1 heterocycles. The van der Waals surface area contributed by atoms with Gasteiger partial charge in [-0.05, 0) is 41.3 Å². The molecule has 0 saturated heterocycles. The van der Waals surface area contributed by atoms with E-state index >= 15 is 0 Å². The smallest absolute Gasteiger partial charge is 0.177 e. The van der Waals surface area contributed by atoms with Crippen LogP contribution in [0.25, 0.3) is 10.1 Å². The highest BCUT2D eigenvalue weighted by Crippen LogP contribution is 2.28. The van der Waals surface area contributed by atoms with Crippen LogP contribution in [-0.4, -0.2) is 5.78 Å². The van der Waals surface area contributed by atoms with Gasteiger partial charge in [0.2, 0.25) is 0 Å². The number of carbonyl (C=O) groups excluding carboxylic acids is 1. The Morgan fingerprint density at radius 2 is 1.95 bits per heavy atom. The molecule has 0 amide bonds. The van der Waals surface area contributed by atoms with Crippen LogP contribution in [0.1, 0.15) is 15.2 Å². The van der Waals surface area contributed by atoms with Crippen molar-refractivity contribution in [3.8, 4) is 0 Å². The minimum atomic E-state index is -0.278.